The van der Waals surface area contributed by atoms with Crippen LogP contribution in [0.15, 0.2) is 18.2 Å². The lowest BCUT2D eigenvalue weighted by Gasteiger charge is -2.15. The highest BCUT2D eigenvalue weighted by molar-refractivity contribution is 5.28. The largest absolute Gasteiger partial charge is 0.325 e. The summed E-state index contributed by atoms with van der Waals surface area (Å²) in [7, 11) is 0. The number of aryl methyl sites for hydroxylation is 1. The molecule has 1 nitrogen and oxygen atoms in total. The molecule has 0 unspecified atom stereocenters. The fraction of sp³-hybridized carbons (Fsp3) is 0.538. The molecule has 2 N–H and O–H groups in total. The van der Waals surface area contributed by atoms with Crippen LogP contribution >= 0.6 is 0 Å². The molecule has 100 valence electrons. The fourth-order valence-corrected chi connectivity index (χ4v) is 1.04. The molecule has 17 heavy (non-hydrogen) atoms. The summed E-state index contributed by atoms with van der Waals surface area (Å²) < 4.78 is 39.1. The number of hydrogen-bond donors (Lipinski definition) is 1. The summed E-state index contributed by atoms with van der Waals surface area (Å²) in [5.74, 6) is -4.16. The minimum atomic E-state index is -3.28. The average Bonchev–Trinajstić information content (AvgIpc) is 2.37. The molecule has 0 fully saturated rings. The first kappa shape index (κ1) is 18.3. The van der Waals surface area contributed by atoms with Crippen LogP contribution in [-0.2, 0) is 5.92 Å². The van der Waals surface area contributed by atoms with Crippen molar-refractivity contribution in [2.24, 2.45) is 5.73 Å². The molecule has 0 radical (unpaired) electrons. The molecular formula is C13H22F3N. The Morgan fingerprint density at radius 1 is 1.12 bits per heavy atom. The first-order valence-electron chi connectivity index (χ1n) is 5.82. The molecule has 1 rings (SSSR count). The van der Waals surface area contributed by atoms with E-state index in [4.69, 9.17) is 5.73 Å². The molecule has 0 aliphatic heterocycles. The predicted molar refractivity (Wildman–Crippen MR) is 66.8 cm³/mol. The zero-order chi connectivity index (χ0) is 14.1. The van der Waals surface area contributed by atoms with Crippen LogP contribution in [0.2, 0.25) is 0 Å². The van der Waals surface area contributed by atoms with Crippen LogP contribution in [0.4, 0.5) is 13.2 Å². The zero-order valence-electron chi connectivity index (χ0n) is 11.2. The van der Waals surface area contributed by atoms with E-state index >= 15 is 0 Å². The van der Waals surface area contributed by atoms with Crippen LogP contribution in [-0.4, -0.2) is 6.54 Å². The number of halogens is 3. The third-order valence-electron chi connectivity index (χ3n) is 1.84. The molecule has 0 saturated carbocycles. The van der Waals surface area contributed by atoms with Gasteiger partial charge in [0.15, 0.2) is 0 Å². The quantitative estimate of drug-likeness (QED) is 0.833. The van der Waals surface area contributed by atoms with E-state index < -0.39 is 23.8 Å². The van der Waals surface area contributed by atoms with Gasteiger partial charge >= 0.3 is 0 Å². The van der Waals surface area contributed by atoms with E-state index in [0.29, 0.717) is 0 Å². The Bertz CT molecular complexity index is 312. The third-order valence-corrected chi connectivity index (χ3v) is 1.84. The summed E-state index contributed by atoms with van der Waals surface area (Å²) in [6.07, 6.45) is 0. The van der Waals surface area contributed by atoms with Gasteiger partial charge in [-0.15, -0.1) is 0 Å². The van der Waals surface area contributed by atoms with Crippen molar-refractivity contribution in [3.05, 3.63) is 35.1 Å². The Labute approximate surface area is 102 Å². The van der Waals surface area contributed by atoms with E-state index in [-0.39, 0.29) is 5.56 Å². The Hall–Kier alpha value is -1.03. The number of rotatable bonds is 2. The highest BCUT2D eigenvalue weighted by Gasteiger charge is 2.32. The second-order valence-corrected chi connectivity index (χ2v) is 2.85. The molecule has 1 aromatic rings. The lowest BCUT2D eigenvalue weighted by atomic mass is 10.0. The highest BCUT2D eigenvalue weighted by Crippen LogP contribution is 2.29. The van der Waals surface area contributed by atoms with Crippen molar-refractivity contribution in [2.45, 2.75) is 40.5 Å². The number of hydrogen-bond acceptors (Lipinski definition) is 1. The van der Waals surface area contributed by atoms with Crippen LogP contribution in [0.3, 0.4) is 0 Å². The summed E-state index contributed by atoms with van der Waals surface area (Å²) in [5, 5.41) is 0. The van der Waals surface area contributed by atoms with Gasteiger partial charge in [0, 0.05) is 0 Å². The van der Waals surface area contributed by atoms with Gasteiger partial charge in [0.2, 0.25) is 0 Å². The van der Waals surface area contributed by atoms with Crippen LogP contribution in [0, 0.1) is 12.7 Å². The standard InChI is InChI=1S/C9H10F3N.2C2H6/c1-6-3-2-4-7(8(6)10)9(11,12)5-13;2*1-2/h2-4H,5,13H2,1H3;2*1-2H3. The van der Waals surface area contributed by atoms with Gasteiger partial charge in [0.05, 0.1) is 12.1 Å². The molecule has 0 bridgehead atoms. The fourth-order valence-electron chi connectivity index (χ4n) is 1.04. The lowest BCUT2D eigenvalue weighted by Crippen LogP contribution is -2.26. The lowest BCUT2D eigenvalue weighted by molar-refractivity contribution is 0.00227. The topological polar surface area (TPSA) is 26.0 Å². The molecule has 0 heterocycles. The van der Waals surface area contributed by atoms with Crippen LogP contribution in [0.5, 0.6) is 0 Å². The van der Waals surface area contributed by atoms with Crippen LogP contribution < -0.4 is 5.73 Å². The molecule has 0 amide bonds. The van der Waals surface area contributed by atoms with E-state index in [0.717, 1.165) is 6.07 Å². The molecule has 0 aromatic heterocycles. The molecule has 0 saturated heterocycles. The normalized spacial score (nSPS) is 9.71. The minimum absolute atomic E-state index is 0.200. The Morgan fingerprint density at radius 2 is 1.59 bits per heavy atom. The third kappa shape index (κ3) is 5.22. The van der Waals surface area contributed by atoms with E-state index in [2.05, 4.69) is 0 Å². The summed E-state index contributed by atoms with van der Waals surface area (Å²) in [6, 6.07) is 3.87. The second kappa shape index (κ2) is 9.05. The number of alkyl halides is 2. The summed E-state index contributed by atoms with van der Waals surface area (Å²) in [4.78, 5) is 0. The van der Waals surface area contributed by atoms with Crippen molar-refractivity contribution >= 4 is 0 Å². The molecular weight excluding hydrogens is 227 g/mol. The monoisotopic (exact) mass is 249 g/mol. The van der Waals surface area contributed by atoms with Crippen molar-refractivity contribution in [3.8, 4) is 0 Å². The Balaban J connectivity index is 0. The van der Waals surface area contributed by atoms with Crippen molar-refractivity contribution in [1.82, 2.24) is 0 Å². The van der Waals surface area contributed by atoms with Gasteiger partial charge < -0.3 is 5.73 Å². The van der Waals surface area contributed by atoms with Crippen LogP contribution in [0.1, 0.15) is 38.8 Å². The van der Waals surface area contributed by atoms with Gasteiger partial charge in [-0.3, -0.25) is 0 Å². The maximum absolute atomic E-state index is 13.1. The maximum atomic E-state index is 13.1. The predicted octanol–water partition coefficient (Wildman–Crippen LogP) is 4.24. The SMILES string of the molecule is CC.CC.Cc1cccc(C(F)(F)CN)c1F. The van der Waals surface area contributed by atoms with Gasteiger partial charge in [-0.25, -0.2) is 4.39 Å². The van der Waals surface area contributed by atoms with Crippen molar-refractivity contribution in [1.29, 1.82) is 0 Å². The summed E-state index contributed by atoms with van der Waals surface area (Å²) >= 11 is 0. The molecule has 0 atom stereocenters. The highest BCUT2D eigenvalue weighted by atomic mass is 19.3. The van der Waals surface area contributed by atoms with Crippen molar-refractivity contribution in [3.63, 3.8) is 0 Å². The zero-order valence-corrected chi connectivity index (χ0v) is 11.2. The van der Waals surface area contributed by atoms with E-state index in [9.17, 15) is 13.2 Å². The van der Waals surface area contributed by atoms with Crippen molar-refractivity contribution in [2.75, 3.05) is 6.54 Å². The molecule has 0 aliphatic rings. The molecule has 0 spiro atoms. The van der Waals surface area contributed by atoms with Gasteiger partial charge in [0.25, 0.3) is 5.92 Å². The smallest absolute Gasteiger partial charge is 0.288 e. The Kier molecular flexibility index (Phi) is 9.76. The van der Waals surface area contributed by atoms with Crippen molar-refractivity contribution < 1.29 is 13.2 Å². The van der Waals surface area contributed by atoms with Gasteiger partial charge in [-0.05, 0) is 12.5 Å². The number of nitrogens with two attached hydrogens (primary N) is 1. The molecule has 0 aliphatic carbocycles. The molecule has 4 heteroatoms. The first-order chi connectivity index (χ1) is 7.99. The van der Waals surface area contributed by atoms with E-state index in [1.165, 1.54) is 19.1 Å². The van der Waals surface area contributed by atoms with Gasteiger partial charge in [-0.2, -0.15) is 8.78 Å². The summed E-state index contributed by atoms with van der Waals surface area (Å²) in [5.41, 5.74) is 4.41. The van der Waals surface area contributed by atoms with Gasteiger partial charge in [-0.1, -0.05) is 45.9 Å². The second-order valence-electron chi connectivity index (χ2n) is 2.85. The van der Waals surface area contributed by atoms with E-state index in [1.54, 1.807) is 0 Å². The van der Waals surface area contributed by atoms with Crippen LogP contribution in [0.25, 0.3) is 0 Å². The average molecular weight is 249 g/mol. The maximum Gasteiger partial charge on any atom is 0.288 e. The first-order valence-corrected chi connectivity index (χ1v) is 5.82. The molecule has 1 aromatic carbocycles. The Morgan fingerprint density at radius 3 is 2.00 bits per heavy atom. The minimum Gasteiger partial charge on any atom is -0.325 e. The summed E-state index contributed by atoms with van der Waals surface area (Å²) in [6.45, 7) is 8.55. The number of benzene rings is 1. The van der Waals surface area contributed by atoms with Gasteiger partial charge in [0.1, 0.15) is 5.82 Å². The van der Waals surface area contributed by atoms with E-state index in [1.807, 2.05) is 27.7 Å².